The highest BCUT2D eigenvalue weighted by molar-refractivity contribution is 5.25. The van der Waals surface area contributed by atoms with Crippen molar-refractivity contribution in [3.8, 4) is 0 Å². The van der Waals surface area contributed by atoms with Gasteiger partial charge in [0.1, 0.15) is 0 Å². The van der Waals surface area contributed by atoms with E-state index in [0.29, 0.717) is 11.8 Å². The highest BCUT2D eigenvalue weighted by atomic mass is 16.3. The van der Waals surface area contributed by atoms with E-state index in [0.717, 1.165) is 12.8 Å². The van der Waals surface area contributed by atoms with Gasteiger partial charge in [-0.2, -0.15) is 0 Å². The van der Waals surface area contributed by atoms with E-state index in [1.165, 1.54) is 11.1 Å². The van der Waals surface area contributed by atoms with Gasteiger partial charge in [0.15, 0.2) is 0 Å². The van der Waals surface area contributed by atoms with Crippen LogP contribution in [0.5, 0.6) is 0 Å². The molecule has 0 saturated heterocycles. The molecule has 1 unspecified atom stereocenters. The predicted octanol–water partition coefficient (Wildman–Crippen LogP) is 3.55. The Kier molecular flexibility index (Phi) is 3.77. The molecular formula is C14H24O. The van der Waals surface area contributed by atoms with E-state index in [-0.39, 0.29) is 12.0 Å². The van der Waals surface area contributed by atoms with Crippen LogP contribution >= 0.6 is 0 Å². The molecule has 0 aromatic rings. The molecule has 0 saturated carbocycles. The summed E-state index contributed by atoms with van der Waals surface area (Å²) in [6, 6.07) is 0. The maximum Gasteiger partial charge on any atom is 0.0459 e. The third kappa shape index (κ3) is 2.52. The molecule has 0 aromatic heterocycles. The maximum atomic E-state index is 9.05. The monoisotopic (exact) mass is 208 g/mol. The molecule has 1 aliphatic carbocycles. The van der Waals surface area contributed by atoms with Gasteiger partial charge in [0.25, 0.3) is 0 Å². The topological polar surface area (TPSA) is 20.2 Å². The predicted molar refractivity (Wildman–Crippen MR) is 65.7 cm³/mol. The molecule has 1 N–H and O–H groups in total. The van der Waals surface area contributed by atoms with Gasteiger partial charge in [0, 0.05) is 6.61 Å². The molecule has 1 heteroatoms. The average molecular weight is 208 g/mol. The minimum atomic E-state index is 0.256. The van der Waals surface area contributed by atoms with E-state index >= 15 is 0 Å². The van der Waals surface area contributed by atoms with Crippen molar-refractivity contribution < 1.29 is 5.11 Å². The largest absolute Gasteiger partial charge is 0.396 e. The van der Waals surface area contributed by atoms with Crippen LogP contribution in [0.25, 0.3) is 0 Å². The first-order valence-corrected chi connectivity index (χ1v) is 5.85. The Morgan fingerprint density at radius 1 is 1.67 bits per heavy atom. The van der Waals surface area contributed by atoms with E-state index in [4.69, 9.17) is 5.11 Å². The highest BCUT2D eigenvalue weighted by Gasteiger charge is 2.36. The molecule has 0 radical (unpaired) electrons. The number of aliphatic hydroxyl groups excluding tert-OH is 1. The van der Waals surface area contributed by atoms with Crippen molar-refractivity contribution in [2.75, 3.05) is 6.61 Å². The highest BCUT2D eigenvalue weighted by Crippen LogP contribution is 2.47. The summed E-state index contributed by atoms with van der Waals surface area (Å²) >= 11 is 0. The first-order chi connectivity index (χ1) is 6.89. The van der Waals surface area contributed by atoms with Gasteiger partial charge in [-0.15, -0.1) is 0 Å². The summed E-state index contributed by atoms with van der Waals surface area (Å²) in [6.07, 6.45) is 4.40. The number of hydrogen-bond donors (Lipinski definition) is 1. The first-order valence-electron chi connectivity index (χ1n) is 5.85. The summed E-state index contributed by atoms with van der Waals surface area (Å²) in [7, 11) is 0. The van der Waals surface area contributed by atoms with Gasteiger partial charge in [0.05, 0.1) is 0 Å². The van der Waals surface area contributed by atoms with Crippen LogP contribution < -0.4 is 0 Å². The van der Waals surface area contributed by atoms with Crippen molar-refractivity contribution in [1.29, 1.82) is 0 Å². The third-order valence-electron chi connectivity index (χ3n) is 3.96. The van der Waals surface area contributed by atoms with Gasteiger partial charge in [-0.3, -0.25) is 0 Å². The van der Waals surface area contributed by atoms with E-state index in [9.17, 15) is 0 Å². The lowest BCUT2D eigenvalue weighted by atomic mass is 9.73. The SMILES string of the molecule is C=C(C[C@H](C)CO)C1CC=C(C)C1(C)C. The normalized spacial score (nSPS) is 26.2. The van der Waals surface area contributed by atoms with Crippen LogP contribution in [0.2, 0.25) is 0 Å². The first kappa shape index (κ1) is 12.5. The maximum absolute atomic E-state index is 9.05. The minimum absolute atomic E-state index is 0.256. The minimum Gasteiger partial charge on any atom is -0.396 e. The van der Waals surface area contributed by atoms with Crippen LogP contribution in [0.15, 0.2) is 23.8 Å². The number of rotatable bonds is 4. The third-order valence-corrected chi connectivity index (χ3v) is 3.96. The van der Waals surface area contributed by atoms with Crippen LogP contribution in [-0.2, 0) is 0 Å². The van der Waals surface area contributed by atoms with Gasteiger partial charge in [-0.1, -0.05) is 44.6 Å². The van der Waals surface area contributed by atoms with Crippen molar-refractivity contribution in [1.82, 2.24) is 0 Å². The molecule has 0 aliphatic heterocycles. The Balaban J connectivity index is 2.64. The molecule has 0 heterocycles. The zero-order valence-electron chi connectivity index (χ0n) is 10.5. The van der Waals surface area contributed by atoms with Crippen molar-refractivity contribution in [2.24, 2.45) is 17.3 Å². The molecule has 0 spiro atoms. The second-order valence-corrected chi connectivity index (χ2v) is 5.55. The fourth-order valence-corrected chi connectivity index (χ4v) is 2.46. The van der Waals surface area contributed by atoms with Gasteiger partial charge in [-0.05, 0) is 37.0 Å². The fraction of sp³-hybridized carbons (Fsp3) is 0.714. The zero-order chi connectivity index (χ0) is 11.6. The number of hydrogen-bond acceptors (Lipinski definition) is 1. The Labute approximate surface area is 93.9 Å². The average Bonchev–Trinajstić information content (AvgIpc) is 2.41. The van der Waals surface area contributed by atoms with Gasteiger partial charge in [0.2, 0.25) is 0 Å². The summed E-state index contributed by atoms with van der Waals surface area (Å²) in [5.41, 5.74) is 3.03. The van der Waals surface area contributed by atoms with Gasteiger partial charge in [-0.25, -0.2) is 0 Å². The van der Waals surface area contributed by atoms with E-state index in [2.05, 4.69) is 40.3 Å². The van der Waals surface area contributed by atoms with E-state index in [1.54, 1.807) is 0 Å². The standard InChI is InChI=1S/C14H24O/c1-10(9-15)8-11(2)13-7-6-12(3)14(13,4)5/h6,10,13,15H,2,7-9H2,1,3-5H3/t10-,13?/m0/s1. The lowest BCUT2D eigenvalue weighted by Gasteiger charge is -2.32. The quantitative estimate of drug-likeness (QED) is 0.700. The molecule has 1 rings (SSSR count). The summed E-state index contributed by atoms with van der Waals surface area (Å²) in [6.45, 7) is 13.4. The summed E-state index contributed by atoms with van der Waals surface area (Å²) in [5, 5.41) is 9.05. The second kappa shape index (κ2) is 4.52. The smallest absolute Gasteiger partial charge is 0.0459 e. The second-order valence-electron chi connectivity index (χ2n) is 5.55. The fourth-order valence-electron chi connectivity index (χ4n) is 2.46. The number of aliphatic hydroxyl groups is 1. The summed E-state index contributed by atoms with van der Waals surface area (Å²) < 4.78 is 0. The molecule has 15 heavy (non-hydrogen) atoms. The van der Waals surface area contributed by atoms with E-state index in [1.807, 2.05) is 0 Å². The van der Waals surface area contributed by atoms with Gasteiger partial charge >= 0.3 is 0 Å². The Morgan fingerprint density at radius 3 is 2.67 bits per heavy atom. The summed E-state index contributed by atoms with van der Waals surface area (Å²) in [5.74, 6) is 0.903. The van der Waals surface area contributed by atoms with Crippen LogP contribution in [0.1, 0.15) is 40.5 Å². The molecule has 1 aliphatic rings. The van der Waals surface area contributed by atoms with Gasteiger partial charge < -0.3 is 5.11 Å². The molecule has 0 amide bonds. The molecule has 0 fully saturated rings. The van der Waals surface area contributed by atoms with Crippen LogP contribution in [-0.4, -0.2) is 11.7 Å². The molecule has 2 atom stereocenters. The lowest BCUT2D eigenvalue weighted by molar-refractivity contribution is 0.228. The Morgan fingerprint density at radius 2 is 2.27 bits per heavy atom. The van der Waals surface area contributed by atoms with Crippen molar-refractivity contribution in [3.05, 3.63) is 23.8 Å². The van der Waals surface area contributed by atoms with Crippen molar-refractivity contribution >= 4 is 0 Å². The lowest BCUT2D eigenvalue weighted by Crippen LogP contribution is -2.23. The Bertz CT molecular complexity index is 273. The summed E-state index contributed by atoms with van der Waals surface area (Å²) in [4.78, 5) is 0. The van der Waals surface area contributed by atoms with Crippen LogP contribution in [0.4, 0.5) is 0 Å². The molecular weight excluding hydrogens is 184 g/mol. The molecule has 0 aromatic carbocycles. The zero-order valence-corrected chi connectivity index (χ0v) is 10.5. The molecule has 1 nitrogen and oxygen atoms in total. The van der Waals surface area contributed by atoms with Crippen LogP contribution in [0, 0.1) is 17.3 Å². The van der Waals surface area contributed by atoms with Crippen molar-refractivity contribution in [3.63, 3.8) is 0 Å². The Hall–Kier alpha value is -0.560. The van der Waals surface area contributed by atoms with Crippen LogP contribution in [0.3, 0.4) is 0 Å². The number of allylic oxidation sites excluding steroid dienone is 3. The van der Waals surface area contributed by atoms with Crippen molar-refractivity contribution in [2.45, 2.75) is 40.5 Å². The molecule has 86 valence electrons. The molecule has 0 bridgehead atoms. The van der Waals surface area contributed by atoms with E-state index < -0.39 is 0 Å².